The van der Waals surface area contributed by atoms with Crippen molar-refractivity contribution in [3.63, 3.8) is 0 Å². The van der Waals surface area contributed by atoms with Gasteiger partial charge in [-0.2, -0.15) is 0 Å². The second-order valence-electron chi connectivity index (χ2n) is 6.15. The van der Waals surface area contributed by atoms with Crippen molar-refractivity contribution in [1.29, 1.82) is 0 Å². The van der Waals surface area contributed by atoms with E-state index in [1.807, 2.05) is 12.3 Å². The molecule has 1 heterocycles. The third-order valence-electron chi connectivity index (χ3n) is 4.37. The molecule has 2 atom stereocenters. The van der Waals surface area contributed by atoms with Gasteiger partial charge in [-0.25, -0.2) is 4.98 Å². The van der Waals surface area contributed by atoms with E-state index in [0.717, 1.165) is 55.6 Å². The topological polar surface area (TPSA) is 68.3 Å². The minimum atomic E-state index is -0.201. The van der Waals surface area contributed by atoms with Gasteiger partial charge in [0, 0.05) is 17.8 Å². The van der Waals surface area contributed by atoms with Crippen LogP contribution in [0.1, 0.15) is 55.6 Å². The summed E-state index contributed by atoms with van der Waals surface area (Å²) < 4.78 is 4.90. The fraction of sp³-hybridized carbons (Fsp3) is 0.706. The molecule has 5 nitrogen and oxygen atoms in total. The maximum Gasteiger partial charge on any atom is 0.310 e. The smallest absolute Gasteiger partial charge is 0.310 e. The SMILES string of the molecule is COC(=O)[C@H]1CCCCC[C@H]1NC(=O)CCCc1csc(C)n1. The summed E-state index contributed by atoms with van der Waals surface area (Å²) in [5.74, 6) is -0.374. The van der Waals surface area contributed by atoms with Crippen molar-refractivity contribution in [3.8, 4) is 0 Å². The van der Waals surface area contributed by atoms with Crippen molar-refractivity contribution >= 4 is 23.2 Å². The molecule has 0 unspecified atom stereocenters. The molecule has 1 aliphatic rings. The highest BCUT2D eigenvalue weighted by molar-refractivity contribution is 7.09. The first kappa shape index (κ1) is 17.9. The van der Waals surface area contributed by atoms with Crippen molar-refractivity contribution < 1.29 is 14.3 Å². The molecule has 0 bridgehead atoms. The Morgan fingerprint density at radius 2 is 2.13 bits per heavy atom. The van der Waals surface area contributed by atoms with E-state index in [1.54, 1.807) is 11.3 Å². The molecule has 6 heteroatoms. The fourth-order valence-electron chi connectivity index (χ4n) is 3.15. The number of hydrogen-bond donors (Lipinski definition) is 1. The molecule has 23 heavy (non-hydrogen) atoms. The zero-order valence-corrected chi connectivity index (χ0v) is 14.8. The summed E-state index contributed by atoms with van der Waals surface area (Å²) in [6.07, 6.45) is 6.93. The van der Waals surface area contributed by atoms with E-state index < -0.39 is 0 Å². The molecule has 0 saturated heterocycles. The molecule has 1 fully saturated rings. The van der Waals surface area contributed by atoms with Gasteiger partial charge in [0.25, 0.3) is 0 Å². The average molecular weight is 338 g/mol. The predicted octanol–water partition coefficient (Wildman–Crippen LogP) is 3.01. The van der Waals surface area contributed by atoms with E-state index in [9.17, 15) is 9.59 Å². The van der Waals surface area contributed by atoms with Crippen LogP contribution in [0.3, 0.4) is 0 Å². The Hall–Kier alpha value is -1.43. The van der Waals surface area contributed by atoms with Crippen LogP contribution in [0, 0.1) is 12.8 Å². The van der Waals surface area contributed by atoms with Gasteiger partial charge in [-0.05, 0) is 32.6 Å². The lowest BCUT2D eigenvalue weighted by molar-refractivity contribution is -0.147. The Balaban J connectivity index is 1.80. The van der Waals surface area contributed by atoms with Crippen LogP contribution in [0.15, 0.2) is 5.38 Å². The number of aromatic nitrogens is 1. The molecule has 1 aromatic heterocycles. The van der Waals surface area contributed by atoms with Crippen LogP contribution in [0.5, 0.6) is 0 Å². The maximum atomic E-state index is 12.2. The molecule has 0 spiro atoms. The molecule has 1 N–H and O–H groups in total. The van der Waals surface area contributed by atoms with Gasteiger partial charge in [-0.3, -0.25) is 9.59 Å². The van der Waals surface area contributed by atoms with E-state index in [0.29, 0.717) is 6.42 Å². The second-order valence-corrected chi connectivity index (χ2v) is 7.22. The highest BCUT2D eigenvalue weighted by Gasteiger charge is 2.31. The summed E-state index contributed by atoms with van der Waals surface area (Å²) in [6.45, 7) is 1.99. The number of methoxy groups -OCH3 is 1. The standard InChI is InChI=1S/C17H26N2O3S/c1-12-18-13(11-23-12)7-6-10-16(20)19-15-9-5-3-4-8-14(15)17(21)22-2/h11,14-15H,3-10H2,1-2H3,(H,19,20)/t14-,15+/m0/s1. The monoisotopic (exact) mass is 338 g/mol. The number of carbonyl (C=O) groups excluding carboxylic acids is 2. The molecule has 0 aromatic carbocycles. The first-order valence-corrected chi connectivity index (χ1v) is 9.26. The first-order valence-electron chi connectivity index (χ1n) is 8.38. The van der Waals surface area contributed by atoms with E-state index in [1.165, 1.54) is 7.11 Å². The third-order valence-corrected chi connectivity index (χ3v) is 5.19. The number of aryl methyl sites for hydroxylation is 2. The molecule has 0 radical (unpaired) electrons. The molecular formula is C17H26N2O3S. The normalized spacial score (nSPS) is 21.5. The summed E-state index contributed by atoms with van der Waals surface area (Å²) in [5, 5.41) is 6.16. The van der Waals surface area contributed by atoms with Crippen LogP contribution in [-0.4, -0.2) is 30.0 Å². The van der Waals surface area contributed by atoms with Gasteiger partial charge in [0.05, 0.1) is 23.7 Å². The van der Waals surface area contributed by atoms with Gasteiger partial charge in [0.1, 0.15) is 0 Å². The largest absolute Gasteiger partial charge is 0.469 e. The summed E-state index contributed by atoms with van der Waals surface area (Å²) >= 11 is 1.64. The van der Waals surface area contributed by atoms with Gasteiger partial charge >= 0.3 is 5.97 Å². The van der Waals surface area contributed by atoms with Crippen LogP contribution in [0.2, 0.25) is 0 Å². The van der Waals surface area contributed by atoms with Crippen LogP contribution in [0.4, 0.5) is 0 Å². The quantitative estimate of drug-likeness (QED) is 0.639. The molecule has 0 aliphatic heterocycles. The van der Waals surface area contributed by atoms with E-state index in [-0.39, 0.29) is 23.8 Å². The molecule has 1 saturated carbocycles. The lowest BCUT2D eigenvalue weighted by atomic mass is 9.94. The number of nitrogens with one attached hydrogen (secondary N) is 1. The Kier molecular flexibility index (Phi) is 7.02. The number of esters is 1. The zero-order valence-electron chi connectivity index (χ0n) is 14.0. The number of amides is 1. The summed E-state index contributed by atoms with van der Waals surface area (Å²) in [6, 6.07) is -0.0843. The van der Waals surface area contributed by atoms with Crippen molar-refractivity contribution in [2.45, 2.75) is 64.3 Å². The molecule has 1 amide bonds. The van der Waals surface area contributed by atoms with E-state index in [2.05, 4.69) is 10.3 Å². The van der Waals surface area contributed by atoms with Crippen molar-refractivity contribution in [1.82, 2.24) is 10.3 Å². The predicted molar refractivity (Wildman–Crippen MR) is 90.3 cm³/mol. The Morgan fingerprint density at radius 3 is 2.83 bits per heavy atom. The number of hydrogen-bond acceptors (Lipinski definition) is 5. The van der Waals surface area contributed by atoms with Crippen LogP contribution < -0.4 is 5.32 Å². The second kappa shape index (κ2) is 9.01. The Morgan fingerprint density at radius 1 is 1.35 bits per heavy atom. The zero-order chi connectivity index (χ0) is 16.7. The average Bonchev–Trinajstić information content (AvgIpc) is 2.81. The van der Waals surface area contributed by atoms with Gasteiger partial charge in [0.15, 0.2) is 0 Å². The highest BCUT2D eigenvalue weighted by Crippen LogP contribution is 2.24. The van der Waals surface area contributed by atoms with Crippen molar-refractivity contribution in [2.75, 3.05) is 7.11 Å². The summed E-state index contributed by atoms with van der Waals surface area (Å²) in [7, 11) is 1.42. The van der Waals surface area contributed by atoms with Crippen molar-refractivity contribution in [3.05, 3.63) is 16.1 Å². The molecule has 1 aromatic rings. The molecular weight excluding hydrogens is 312 g/mol. The van der Waals surface area contributed by atoms with E-state index >= 15 is 0 Å². The van der Waals surface area contributed by atoms with Crippen LogP contribution >= 0.6 is 11.3 Å². The van der Waals surface area contributed by atoms with Crippen LogP contribution in [-0.2, 0) is 20.7 Å². The maximum absolute atomic E-state index is 12.2. The number of rotatable bonds is 6. The number of ether oxygens (including phenoxy) is 1. The van der Waals surface area contributed by atoms with Gasteiger partial charge in [-0.15, -0.1) is 11.3 Å². The lowest BCUT2D eigenvalue weighted by Crippen LogP contribution is -2.43. The van der Waals surface area contributed by atoms with E-state index in [4.69, 9.17) is 4.74 Å². The molecule has 2 rings (SSSR count). The minimum Gasteiger partial charge on any atom is -0.469 e. The minimum absolute atomic E-state index is 0.0257. The molecule has 128 valence electrons. The third kappa shape index (κ3) is 5.61. The summed E-state index contributed by atoms with van der Waals surface area (Å²) in [5.41, 5.74) is 1.06. The Labute approximate surface area is 141 Å². The lowest BCUT2D eigenvalue weighted by Gasteiger charge is -2.24. The highest BCUT2D eigenvalue weighted by atomic mass is 32.1. The van der Waals surface area contributed by atoms with Gasteiger partial charge in [0.2, 0.25) is 5.91 Å². The molecule has 1 aliphatic carbocycles. The number of carbonyl (C=O) groups is 2. The fourth-order valence-corrected chi connectivity index (χ4v) is 3.79. The van der Waals surface area contributed by atoms with Crippen molar-refractivity contribution in [2.24, 2.45) is 5.92 Å². The first-order chi connectivity index (χ1) is 11.1. The summed E-state index contributed by atoms with van der Waals surface area (Å²) in [4.78, 5) is 28.5. The van der Waals surface area contributed by atoms with Gasteiger partial charge < -0.3 is 10.1 Å². The van der Waals surface area contributed by atoms with Gasteiger partial charge in [-0.1, -0.05) is 19.3 Å². The Bertz CT molecular complexity index is 530. The van der Waals surface area contributed by atoms with Crippen LogP contribution in [0.25, 0.3) is 0 Å². The number of nitrogens with zero attached hydrogens (tertiary/aromatic N) is 1. The number of thiazole rings is 1.